The Morgan fingerprint density at radius 2 is 1.70 bits per heavy atom. The number of anilines is 1. The number of benzene rings is 2. The normalized spacial score (nSPS) is 16.1. The van der Waals surface area contributed by atoms with E-state index in [1.807, 2.05) is 0 Å². The van der Waals surface area contributed by atoms with Crippen molar-refractivity contribution in [2.45, 2.75) is 13.0 Å². The first kappa shape index (κ1) is 19.1. The highest BCUT2D eigenvalue weighted by Gasteiger charge is 2.19. The molecule has 0 radical (unpaired) electrons. The van der Waals surface area contributed by atoms with Crippen molar-refractivity contribution < 1.29 is 14.8 Å². The minimum absolute atomic E-state index is 0.0225. The van der Waals surface area contributed by atoms with Gasteiger partial charge in [0.2, 0.25) is 0 Å². The molecule has 0 bridgehead atoms. The fourth-order valence-electron chi connectivity index (χ4n) is 3.15. The summed E-state index contributed by atoms with van der Waals surface area (Å²) < 4.78 is 5.54. The molecule has 2 aromatic carbocycles. The summed E-state index contributed by atoms with van der Waals surface area (Å²) in [5.41, 5.74) is 2.52. The smallest absolute Gasteiger partial charge is 0.269 e. The Morgan fingerprint density at radius 3 is 2.30 bits per heavy atom. The maximum Gasteiger partial charge on any atom is 0.269 e. The van der Waals surface area contributed by atoms with Crippen molar-refractivity contribution in [3.63, 3.8) is 0 Å². The van der Waals surface area contributed by atoms with E-state index in [1.54, 1.807) is 12.1 Å². The lowest BCUT2D eigenvalue weighted by atomic mass is 10.2. The predicted molar refractivity (Wildman–Crippen MR) is 104 cm³/mol. The van der Waals surface area contributed by atoms with E-state index < -0.39 is 11.0 Å². The van der Waals surface area contributed by atoms with Gasteiger partial charge in [-0.25, -0.2) is 0 Å². The number of ether oxygens (including phenoxy) is 1. The Labute approximate surface area is 158 Å². The highest BCUT2D eigenvalue weighted by Crippen LogP contribution is 2.19. The molecule has 0 amide bonds. The van der Waals surface area contributed by atoms with Gasteiger partial charge in [-0.15, -0.1) is 0 Å². The fraction of sp³-hybridized carbons (Fsp3) is 0.400. The molecule has 0 aliphatic carbocycles. The van der Waals surface area contributed by atoms with Crippen LogP contribution in [0.5, 0.6) is 5.75 Å². The molecule has 1 aliphatic heterocycles. The second-order valence-electron chi connectivity index (χ2n) is 6.84. The molecule has 1 atom stereocenters. The lowest BCUT2D eigenvalue weighted by Crippen LogP contribution is -2.49. The van der Waals surface area contributed by atoms with Gasteiger partial charge in [-0.2, -0.15) is 0 Å². The summed E-state index contributed by atoms with van der Waals surface area (Å²) in [4.78, 5) is 14.8. The van der Waals surface area contributed by atoms with Crippen LogP contribution in [0.25, 0.3) is 0 Å². The van der Waals surface area contributed by atoms with Crippen LogP contribution < -0.4 is 9.64 Å². The van der Waals surface area contributed by atoms with E-state index in [1.165, 1.54) is 23.4 Å². The van der Waals surface area contributed by atoms with Crippen LogP contribution in [0, 0.1) is 17.0 Å². The summed E-state index contributed by atoms with van der Waals surface area (Å²) in [6.07, 6.45) is -0.605. The molecular weight excluding hydrogens is 346 g/mol. The van der Waals surface area contributed by atoms with E-state index in [2.05, 4.69) is 41.0 Å². The predicted octanol–water partition coefficient (Wildman–Crippen LogP) is 2.47. The molecule has 0 aromatic heterocycles. The summed E-state index contributed by atoms with van der Waals surface area (Å²) in [6, 6.07) is 14.4. The number of β-amino-alcohol motifs (C(OH)–C–C–N with tert-alkyl or cyclic N) is 1. The highest BCUT2D eigenvalue weighted by molar-refractivity contribution is 5.47. The third kappa shape index (κ3) is 5.42. The number of non-ortho nitro benzene ring substituents is 1. The number of hydrogen-bond donors (Lipinski definition) is 1. The fourth-order valence-corrected chi connectivity index (χ4v) is 3.15. The number of nitrogens with zero attached hydrogens (tertiary/aromatic N) is 3. The van der Waals surface area contributed by atoms with Crippen LogP contribution in [0.3, 0.4) is 0 Å². The second-order valence-corrected chi connectivity index (χ2v) is 6.84. The van der Waals surface area contributed by atoms with E-state index >= 15 is 0 Å². The Morgan fingerprint density at radius 1 is 1.07 bits per heavy atom. The second kappa shape index (κ2) is 8.83. The topological polar surface area (TPSA) is 79.1 Å². The van der Waals surface area contributed by atoms with Crippen molar-refractivity contribution in [2.75, 3.05) is 44.2 Å². The molecule has 7 nitrogen and oxygen atoms in total. The average Bonchev–Trinajstić information content (AvgIpc) is 2.68. The van der Waals surface area contributed by atoms with Gasteiger partial charge in [0.15, 0.2) is 0 Å². The summed E-state index contributed by atoms with van der Waals surface area (Å²) in [5, 5.41) is 20.9. The van der Waals surface area contributed by atoms with Crippen molar-refractivity contribution in [3.8, 4) is 5.75 Å². The van der Waals surface area contributed by atoms with Crippen LogP contribution >= 0.6 is 0 Å². The van der Waals surface area contributed by atoms with Crippen molar-refractivity contribution in [3.05, 3.63) is 64.2 Å². The molecule has 1 heterocycles. The third-order valence-corrected chi connectivity index (χ3v) is 4.73. The summed E-state index contributed by atoms with van der Waals surface area (Å²) in [5.74, 6) is 0.517. The molecule has 7 heteroatoms. The maximum absolute atomic E-state index is 10.6. The zero-order valence-electron chi connectivity index (χ0n) is 15.5. The van der Waals surface area contributed by atoms with Gasteiger partial charge in [0, 0.05) is 50.5 Å². The van der Waals surface area contributed by atoms with Crippen LogP contribution in [0.15, 0.2) is 48.5 Å². The number of hydrogen-bond acceptors (Lipinski definition) is 6. The number of aryl methyl sites for hydroxylation is 1. The van der Waals surface area contributed by atoms with Crippen LogP contribution in [0.4, 0.5) is 11.4 Å². The number of aliphatic hydroxyl groups is 1. The molecule has 0 spiro atoms. The van der Waals surface area contributed by atoms with Crippen LogP contribution in [0.2, 0.25) is 0 Å². The molecule has 1 saturated heterocycles. The zero-order valence-corrected chi connectivity index (χ0v) is 15.5. The molecular formula is C20H25N3O4. The Bertz CT molecular complexity index is 741. The van der Waals surface area contributed by atoms with Gasteiger partial charge in [0.1, 0.15) is 18.5 Å². The van der Waals surface area contributed by atoms with E-state index in [0.717, 1.165) is 26.2 Å². The molecule has 1 aliphatic rings. The van der Waals surface area contributed by atoms with Crippen molar-refractivity contribution in [2.24, 2.45) is 0 Å². The molecule has 3 rings (SSSR count). The van der Waals surface area contributed by atoms with Gasteiger partial charge in [-0.05, 0) is 31.2 Å². The zero-order chi connectivity index (χ0) is 19.2. The molecule has 0 unspecified atom stereocenters. The van der Waals surface area contributed by atoms with Gasteiger partial charge < -0.3 is 14.7 Å². The monoisotopic (exact) mass is 371 g/mol. The largest absolute Gasteiger partial charge is 0.491 e. The van der Waals surface area contributed by atoms with Gasteiger partial charge in [-0.3, -0.25) is 15.0 Å². The van der Waals surface area contributed by atoms with E-state index in [0.29, 0.717) is 12.3 Å². The quantitative estimate of drug-likeness (QED) is 0.595. The highest BCUT2D eigenvalue weighted by atomic mass is 16.6. The first-order valence-electron chi connectivity index (χ1n) is 9.10. The first-order valence-corrected chi connectivity index (χ1v) is 9.10. The van der Waals surface area contributed by atoms with Crippen molar-refractivity contribution in [1.29, 1.82) is 0 Å². The molecule has 1 fully saturated rings. The van der Waals surface area contributed by atoms with Gasteiger partial charge in [0.25, 0.3) is 5.69 Å². The average molecular weight is 371 g/mol. The summed E-state index contributed by atoms with van der Waals surface area (Å²) >= 11 is 0. The van der Waals surface area contributed by atoms with E-state index in [-0.39, 0.29) is 12.3 Å². The number of nitro benzene ring substituents is 1. The van der Waals surface area contributed by atoms with Gasteiger partial charge >= 0.3 is 0 Å². The lowest BCUT2D eigenvalue weighted by molar-refractivity contribution is -0.384. The van der Waals surface area contributed by atoms with Crippen LogP contribution in [-0.4, -0.2) is 60.4 Å². The number of aliphatic hydroxyl groups excluding tert-OH is 1. The molecule has 0 saturated carbocycles. The van der Waals surface area contributed by atoms with E-state index in [4.69, 9.17) is 4.74 Å². The molecule has 2 aromatic rings. The summed E-state index contributed by atoms with van der Waals surface area (Å²) in [7, 11) is 0. The Balaban J connectivity index is 1.40. The SMILES string of the molecule is Cc1ccc(N2CCN(C[C@@H](O)COc3ccc([N+](=O)[O-])cc3)CC2)cc1. The number of nitro groups is 1. The Kier molecular flexibility index (Phi) is 6.26. The minimum Gasteiger partial charge on any atom is -0.491 e. The molecule has 144 valence electrons. The molecule has 1 N–H and O–H groups in total. The van der Waals surface area contributed by atoms with Crippen LogP contribution in [0.1, 0.15) is 5.56 Å². The first-order chi connectivity index (χ1) is 13.0. The van der Waals surface area contributed by atoms with Crippen molar-refractivity contribution >= 4 is 11.4 Å². The molecule has 27 heavy (non-hydrogen) atoms. The van der Waals surface area contributed by atoms with Crippen molar-refractivity contribution in [1.82, 2.24) is 4.90 Å². The summed E-state index contributed by atoms with van der Waals surface area (Å²) in [6.45, 7) is 6.44. The maximum atomic E-state index is 10.6. The standard InChI is InChI=1S/C20H25N3O4/c1-16-2-4-17(5-3-16)22-12-10-21(11-13-22)14-19(24)15-27-20-8-6-18(7-9-20)23(25)26/h2-9,19,24H,10-15H2,1H3/t19-/m1/s1. The number of rotatable bonds is 7. The van der Waals surface area contributed by atoms with Crippen LogP contribution in [-0.2, 0) is 0 Å². The number of piperazine rings is 1. The van der Waals surface area contributed by atoms with E-state index in [9.17, 15) is 15.2 Å². The lowest BCUT2D eigenvalue weighted by Gasteiger charge is -2.36. The third-order valence-electron chi connectivity index (χ3n) is 4.73. The minimum atomic E-state index is -0.605. The van der Waals surface area contributed by atoms with Gasteiger partial charge in [0.05, 0.1) is 4.92 Å². The Hall–Kier alpha value is -2.64. The van der Waals surface area contributed by atoms with Gasteiger partial charge in [-0.1, -0.05) is 17.7 Å².